The maximum atomic E-state index is 10.4. The van der Waals surface area contributed by atoms with Crippen LogP contribution in [0.2, 0.25) is 0 Å². The minimum atomic E-state index is -4.27. The molecule has 7 nitrogen and oxygen atoms in total. The molecule has 8 rings (SSSR count). The Bertz CT molecular complexity index is 2510. The molecule has 0 aliphatic heterocycles. The van der Waals surface area contributed by atoms with Crippen molar-refractivity contribution in [1.82, 2.24) is 0 Å². The van der Waals surface area contributed by atoms with Gasteiger partial charge in [-0.1, -0.05) is 108 Å². The molecule has 0 spiro atoms. The predicted molar refractivity (Wildman–Crippen MR) is 241 cm³/mol. The quantitative estimate of drug-likeness (QED) is 0.0989. The van der Waals surface area contributed by atoms with Crippen molar-refractivity contribution in [2.75, 3.05) is 0 Å². The Morgan fingerprint density at radius 3 is 0.787 bits per heavy atom. The topological polar surface area (TPSA) is 124 Å². The van der Waals surface area contributed by atoms with E-state index in [4.69, 9.17) is 4.74 Å². The number of rotatable bonds is 10. The lowest BCUT2D eigenvalue weighted by Gasteiger charge is -2.10. The lowest BCUT2D eigenvalue weighted by molar-refractivity contribution is 0.461. The third-order valence-corrected chi connectivity index (χ3v) is 15.0. The lowest BCUT2D eigenvalue weighted by Crippen LogP contribution is -2.04. The van der Waals surface area contributed by atoms with Crippen molar-refractivity contribution in [3.8, 4) is 11.5 Å². The highest BCUT2D eigenvalue weighted by molar-refractivity contribution is 7.97. The summed E-state index contributed by atoms with van der Waals surface area (Å²) in [7, 11) is -8.88. The van der Waals surface area contributed by atoms with Crippen LogP contribution >= 0.6 is 0 Å². The first kappa shape index (κ1) is 44.6. The van der Waals surface area contributed by atoms with E-state index in [9.17, 15) is 25.9 Å². The van der Waals surface area contributed by atoms with Crippen molar-refractivity contribution in [3.63, 3.8) is 0 Å². The molecule has 0 saturated carbocycles. The van der Waals surface area contributed by atoms with Crippen LogP contribution in [0.25, 0.3) is 0 Å². The highest BCUT2D eigenvalue weighted by Crippen LogP contribution is 2.35. The van der Waals surface area contributed by atoms with E-state index in [2.05, 4.69) is 170 Å². The summed E-state index contributed by atoms with van der Waals surface area (Å²) in [6, 6.07) is 71.5. The first-order valence-corrected chi connectivity index (χ1v) is 24.2. The van der Waals surface area contributed by atoms with Crippen LogP contribution in [0.3, 0.4) is 0 Å². The summed E-state index contributed by atoms with van der Waals surface area (Å²) < 4.78 is 68.6. The van der Waals surface area contributed by atoms with E-state index in [-0.39, 0.29) is 31.6 Å². The molecule has 0 fully saturated rings. The summed E-state index contributed by atoms with van der Waals surface area (Å²) in [5.74, 6) is 1.67. The smallest absolute Gasteiger partial charge is 0.166 e. The summed E-state index contributed by atoms with van der Waals surface area (Å²) in [6.45, 7) is 3.64. The number of ether oxygens (including phenoxy) is 1. The average Bonchev–Trinajstić information content (AvgIpc) is 3.27. The van der Waals surface area contributed by atoms with Crippen LogP contribution in [-0.4, -0.2) is 25.9 Å². The van der Waals surface area contributed by atoms with Crippen molar-refractivity contribution in [2.45, 2.75) is 53.0 Å². The lowest BCUT2D eigenvalue weighted by atomic mass is 10.2. The summed E-state index contributed by atoms with van der Waals surface area (Å²) in [5.41, 5.74) is 1.86. The second-order valence-electron chi connectivity index (χ2n) is 13.4. The van der Waals surface area contributed by atoms with E-state index in [1.807, 2.05) is 13.8 Å². The fraction of sp³-hybridized carbons (Fsp3) is 0.0400. The van der Waals surface area contributed by atoms with E-state index in [1.165, 1.54) is 53.6 Å². The third-order valence-electron chi connectivity index (χ3n) is 8.89. The zero-order chi connectivity index (χ0) is 43.2. The van der Waals surface area contributed by atoms with Gasteiger partial charge in [0.1, 0.15) is 31.7 Å². The highest BCUT2D eigenvalue weighted by Gasteiger charge is 2.29. The van der Waals surface area contributed by atoms with Crippen LogP contribution in [0.4, 0.5) is 0 Å². The van der Waals surface area contributed by atoms with Gasteiger partial charge in [-0.25, -0.2) is 16.8 Å². The Kier molecular flexibility index (Phi) is 15.4. The average molecular weight is 883 g/mol. The Hall–Kier alpha value is -5.92. The largest absolute Gasteiger partial charge is 0.744 e. The van der Waals surface area contributed by atoms with Gasteiger partial charge in [0.25, 0.3) is 0 Å². The Labute approximate surface area is 364 Å². The van der Waals surface area contributed by atoms with Gasteiger partial charge in [-0.15, -0.1) is 0 Å². The van der Waals surface area contributed by atoms with Crippen LogP contribution < -0.4 is 4.74 Å². The molecule has 0 aromatic heterocycles. The zero-order valence-corrected chi connectivity index (χ0v) is 36.5. The molecule has 308 valence electrons. The van der Waals surface area contributed by atoms with Crippen molar-refractivity contribution in [2.24, 2.45) is 0 Å². The summed E-state index contributed by atoms with van der Waals surface area (Å²) in [6.07, 6.45) is 0. The van der Waals surface area contributed by atoms with Crippen molar-refractivity contribution in [1.29, 1.82) is 0 Å². The minimum absolute atomic E-state index is 0.169. The molecular formula is C50H42O7S4. The molecule has 0 aliphatic carbocycles. The molecule has 61 heavy (non-hydrogen) atoms. The second kappa shape index (κ2) is 21.0. The molecule has 0 saturated heterocycles. The first-order valence-electron chi connectivity index (χ1n) is 19.0. The Morgan fingerprint density at radius 1 is 0.328 bits per heavy atom. The molecule has 0 aliphatic rings. The molecule has 0 radical (unpaired) electrons. The van der Waals surface area contributed by atoms with Gasteiger partial charge in [-0.3, -0.25) is 0 Å². The van der Waals surface area contributed by atoms with Gasteiger partial charge in [-0.2, -0.15) is 0 Å². The van der Waals surface area contributed by atoms with Gasteiger partial charge in [0, 0.05) is 0 Å². The summed E-state index contributed by atoms with van der Waals surface area (Å²) in [4.78, 5) is 7.40. The van der Waals surface area contributed by atoms with Gasteiger partial charge < -0.3 is 13.8 Å². The molecule has 8 aromatic carbocycles. The molecule has 0 amide bonds. The van der Waals surface area contributed by atoms with Crippen LogP contribution in [0.15, 0.2) is 258 Å². The molecule has 8 aromatic rings. The zero-order valence-electron chi connectivity index (χ0n) is 33.3. The standard InChI is InChI=1S/C36H28OS2.2C7H8O3S/c1-5-13-31(14-6-1)38(32-15-7-2-8-16-32)35-25-21-29(22-26-35)37-30-23-27-36(28-24-30)39(33-17-9-3-10-18-33)34-19-11-4-12-20-34;2*1-6-2-4-7(5-3-6)11(8,9)10/h1-28H;2*2-5H,1H3,(H,8,9,10)/q+2;;/p-2. The predicted octanol–water partition coefficient (Wildman–Crippen LogP) is 11.5. The molecule has 0 N–H and O–H groups in total. The Balaban J connectivity index is 0.000000230. The molecule has 0 bridgehead atoms. The van der Waals surface area contributed by atoms with E-state index in [1.54, 1.807) is 24.3 Å². The first-order chi connectivity index (χ1) is 29.3. The fourth-order valence-corrected chi connectivity index (χ4v) is 11.0. The molecular weight excluding hydrogens is 841 g/mol. The van der Waals surface area contributed by atoms with Crippen LogP contribution in [0.5, 0.6) is 11.5 Å². The maximum absolute atomic E-state index is 10.4. The molecule has 11 heteroatoms. The monoisotopic (exact) mass is 882 g/mol. The summed E-state index contributed by atoms with van der Waals surface area (Å²) in [5, 5.41) is 0. The van der Waals surface area contributed by atoms with E-state index >= 15 is 0 Å². The molecule has 0 unspecified atom stereocenters. The molecule has 0 heterocycles. The molecule has 0 atom stereocenters. The third kappa shape index (κ3) is 13.0. The highest BCUT2D eigenvalue weighted by atomic mass is 32.2. The van der Waals surface area contributed by atoms with E-state index in [0.717, 1.165) is 22.6 Å². The normalized spacial score (nSPS) is 11.2. The maximum Gasteiger partial charge on any atom is 0.166 e. The van der Waals surface area contributed by atoms with Gasteiger partial charge in [0.05, 0.1) is 31.6 Å². The number of aryl methyl sites for hydroxylation is 2. The minimum Gasteiger partial charge on any atom is -0.744 e. The SMILES string of the molecule is Cc1ccc(S(=O)(=O)[O-])cc1.Cc1ccc(S(=O)(=O)[O-])cc1.c1ccc([S+](c2ccccc2)c2ccc(Oc3ccc([S+](c4ccccc4)c4ccccc4)cc3)cc2)cc1. The van der Waals surface area contributed by atoms with E-state index < -0.39 is 20.2 Å². The number of hydrogen-bond donors (Lipinski definition) is 0. The fourth-order valence-electron chi connectivity index (χ4n) is 5.88. The van der Waals surface area contributed by atoms with E-state index in [0.29, 0.717) is 0 Å². The van der Waals surface area contributed by atoms with Gasteiger partial charge in [-0.05, 0) is 135 Å². The summed E-state index contributed by atoms with van der Waals surface area (Å²) >= 11 is 0. The number of hydrogen-bond acceptors (Lipinski definition) is 7. The Morgan fingerprint density at radius 2 is 0.557 bits per heavy atom. The van der Waals surface area contributed by atoms with Crippen molar-refractivity contribution in [3.05, 3.63) is 230 Å². The van der Waals surface area contributed by atoms with Crippen molar-refractivity contribution >= 4 is 42.0 Å². The van der Waals surface area contributed by atoms with Crippen LogP contribution in [0.1, 0.15) is 11.1 Å². The van der Waals surface area contributed by atoms with Crippen LogP contribution in [-0.2, 0) is 42.0 Å². The van der Waals surface area contributed by atoms with Gasteiger partial charge >= 0.3 is 0 Å². The van der Waals surface area contributed by atoms with Gasteiger partial charge in [0.15, 0.2) is 29.4 Å². The van der Waals surface area contributed by atoms with Gasteiger partial charge in [0.2, 0.25) is 0 Å². The number of benzene rings is 8. The van der Waals surface area contributed by atoms with Crippen molar-refractivity contribution < 1.29 is 30.7 Å². The second-order valence-corrected chi connectivity index (χ2v) is 20.3. The van der Waals surface area contributed by atoms with Crippen LogP contribution in [0, 0.1) is 13.8 Å².